The zero-order valence-electron chi connectivity index (χ0n) is 5.30. The lowest BCUT2D eigenvalue weighted by Gasteiger charge is -1.89. The molecule has 0 spiro atoms. The number of allylic oxidation sites excluding steroid dienone is 2. The van der Waals surface area contributed by atoms with Gasteiger partial charge in [-0.15, -0.1) is 0 Å². The first-order valence-electron chi connectivity index (χ1n) is 2.62. The van der Waals surface area contributed by atoms with Crippen molar-refractivity contribution in [1.29, 1.82) is 5.53 Å². The third-order valence-electron chi connectivity index (χ3n) is 0.856. The molecule has 0 aliphatic carbocycles. The molecule has 0 saturated heterocycles. The summed E-state index contributed by atoms with van der Waals surface area (Å²) >= 11 is 0. The van der Waals surface area contributed by atoms with Crippen LogP contribution in [-0.4, -0.2) is 6.54 Å². The summed E-state index contributed by atoms with van der Waals surface area (Å²) in [6.07, 6.45) is 5.10. The molecule has 9 heavy (non-hydrogen) atoms. The van der Waals surface area contributed by atoms with E-state index in [1.807, 2.05) is 0 Å². The van der Waals surface area contributed by atoms with E-state index in [0.717, 1.165) is 5.57 Å². The largest absolute Gasteiger partial charge is 0.210 e. The predicted molar refractivity (Wildman–Crippen MR) is 38.5 cm³/mol. The van der Waals surface area contributed by atoms with Gasteiger partial charge < -0.3 is 0 Å². The highest BCUT2D eigenvalue weighted by Crippen LogP contribution is 1.95. The summed E-state index contributed by atoms with van der Waals surface area (Å²) in [7, 11) is 0. The zero-order chi connectivity index (χ0) is 7.11. The first-order chi connectivity index (χ1) is 4.35. The van der Waals surface area contributed by atoms with Crippen molar-refractivity contribution < 1.29 is 0 Å². The number of hydrogen-bond donors (Lipinski definition) is 1. The summed E-state index contributed by atoms with van der Waals surface area (Å²) in [5, 5.41) is 3.19. The maximum Gasteiger partial charge on any atom is 0.0846 e. The molecule has 0 saturated carbocycles. The smallest absolute Gasteiger partial charge is 0.0846 e. The maximum absolute atomic E-state index is 6.52. The minimum absolute atomic E-state index is 0.398. The van der Waals surface area contributed by atoms with Gasteiger partial charge in [-0.05, 0) is 5.57 Å². The highest BCUT2D eigenvalue weighted by molar-refractivity contribution is 5.22. The van der Waals surface area contributed by atoms with Crippen LogP contribution in [0.25, 0.3) is 0 Å². The van der Waals surface area contributed by atoms with E-state index in [1.54, 1.807) is 18.2 Å². The molecule has 0 radical (unpaired) electrons. The van der Waals surface area contributed by atoms with Gasteiger partial charge in [0.1, 0.15) is 0 Å². The monoisotopic (exact) mass is 122 g/mol. The van der Waals surface area contributed by atoms with E-state index in [1.165, 1.54) is 0 Å². The van der Waals surface area contributed by atoms with Crippen LogP contribution in [0, 0.1) is 5.53 Å². The van der Waals surface area contributed by atoms with Gasteiger partial charge >= 0.3 is 0 Å². The van der Waals surface area contributed by atoms with Crippen molar-refractivity contribution >= 4 is 0 Å². The molecule has 0 unspecified atom stereocenters. The molecule has 0 bridgehead atoms. The average Bonchev–Trinajstić information content (AvgIpc) is 1.88. The van der Waals surface area contributed by atoms with Gasteiger partial charge in [0.05, 0.1) is 6.54 Å². The van der Waals surface area contributed by atoms with E-state index in [0.29, 0.717) is 6.54 Å². The fraction of sp³-hybridized carbons (Fsp3) is 0.143. The lowest BCUT2D eigenvalue weighted by atomic mass is 10.2. The van der Waals surface area contributed by atoms with Crippen LogP contribution in [0.3, 0.4) is 0 Å². The van der Waals surface area contributed by atoms with Gasteiger partial charge in [-0.1, -0.05) is 31.4 Å². The number of nitrogens with zero attached hydrogens (tertiary/aromatic N) is 1. The lowest BCUT2D eigenvalue weighted by molar-refractivity contribution is 0.979. The molecule has 0 aromatic heterocycles. The van der Waals surface area contributed by atoms with Crippen LogP contribution in [-0.2, 0) is 0 Å². The summed E-state index contributed by atoms with van der Waals surface area (Å²) in [5.74, 6) is 0. The minimum atomic E-state index is 0.398. The molecule has 0 heterocycles. The first-order valence-corrected chi connectivity index (χ1v) is 2.62. The molecule has 0 amide bonds. The Kier molecular flexibility index (Phi) is 4.32. The Balaban J connectivity index is 3.95. The highest BCUT2D eigenvalue weighted by Gasteiger charge is 1.83. The molecule has 0 rings (SSSR count). The van der Waals surface area contributed by atoms with Crippen molar-refractivity contribution in [2.45, 2.75) is 0 Å². The molecule has 2 nitrogen and oxygen atoms in total. The van der Waals surface area contributed by atoms with Crippen LogP contribution in [0.2, 0.25) is 0 Å². The second-order valence-corrected chi connectivity index (χ2v) is 1.50. The van der Waals surface area contributed by atoms with Crippen molar-refractivity contribution in [3.05, 3.63) is 37.0 Å². The molecule has 0 atom stereocenters. The first kappa shape index (κ1) is 7.82. The molecule has 0 aromatic rings. The van der Waals surface area contributed by atoms with Crippen molar-refractivity contribution in [3.63, 3.8) is 0 Å². The molecule has 0 aromatic carbocycles. The normalized spacial score (nSPS) is 10.4. The fourth-order valence-corrected chi connectivity index (χ4v) is 0.428. The van der Waals surface area contributed by atoms with Gasteiger partial charge in [-0.3, -0.25) is 0 Å². The minimum Gasteiger partial charge on any atom is -0.210 e. The number of hydrogen-bond acceptors (Lipinski definition) is 2. The van der Waals surface area contributed by atoms with Crippen molar-refractivity contribution in [1.82, 2.24) is 0 Å². The van der Waals surface area contributed by atoms with Crippen LogP contribution in [0.4, 0.5) is 0 Å². The topological polar surface area (TPSA) is 36.2 Å². The van der Waals surface area contributed by atoms with Crippen LogP contribution in [0.5, 0.6) is 0 Å². The highest BCUT2D eigenvalue weighted by atomic mass is 14.9. The third kappa shape index (κ3) is 3.41. The molecular formula is C7H10N2. The van der Waals surface area contributed by atoms with Gasteiger partial charge in [0, 0.05) is 0 Å². The molecule has 48 valence electrons. The van der Waals surface area contributed by atoms with Crippen molar-refractivity contribution in [3.8, 4) is 0 Å². The lowest BCUT2D eigenvalue weighted by Crippen LogP contribution is -1.79. The van der Waals surface area contributed by atoms with Gasteiger partial charge in [0.2, 0.25) is 0 Å². The Labute approximate surface area is 55.1 Å². The molecule has 0 aliphatic heterocycles. The number of rotatable bonds is 4. The molecule has 0 aliphatic rings. The fourth-order valence-electron chi connectivity index (χ4n) is 0.428. The van der Waals surface area contributed by atoms with E-state index >= 15 is 0 Å². The molecule has 0 fully saturated rings. The Hall–Kier alpha value is -1.18. The Bertz CT molecular complexity index is 145. The van der Waals surface area contributed by atoms with Crippen LogP contribution in [0.15, 0.2) is 42.1 Å². The Morgan fingerprint density at radius 3 is 2.56 bits per heavy atom. The van der Waals surface area contributed by atoms with Crippen LogP contribution < -0.4 is 0 Å². The second-order valence-electron chi connectivity index (χ2n) is 1.50. The van der Waals surface area contributed by atoms with Gasteiger partial charge in [-0.2, -0.15) is 5.11 Å². The summed E-state index contributed by atoms with van der Waals surface area (Å²) in [5.41, 5.74) is 7.43. The quantitative estimate of drug-likeness (QED) is 0.439. The summed E-state index contributed by atoms with van der Waals surface area (Å²) < 4.78 is 0. The van der Waals surface area contributed by atoms with Crippen molar-refractivity contribution in [2.75, 3.05) is 6.54 Å². The summed E-state index contributed by atoms with van der Waals surface area (Å²) in [6, 6.07) is 0. The average molecular weight is 122 g/mol. The van der Waals surface area contributed by atoms with E-state index in [4.69, 9.17) is 5.53 Å². The van der Waals surface area contributed by atoms with Crippen molar-refractivity contribution in [2.24, 2.45) is 5.11 Å². The predicted octanol–water partition coefficient (Wildman–Crippen LogP) is 2.32. The Morgan fingerprint density at radius 1 is 1.56 bits per heavy atom. The van der Waals surface area contributed by atoms with Crippen LogP contribution in [0.1, 0.15) is 0 Å². The Morgan fingerprint density at radius 2 is 2.22 bits per heavy atom. The zero-order valence-corrected chi connectivity index (χ0v) is 5.30. The van der Waals surface area contributed by atoms with E-state index in [9.17, 15) is 0 Å². The molecule has 2 heteroatoms. The van der Waals surface area contributed by atoms with Gasteiger partial charge in [0.15, 0.2) is 0 Å². The standard InChI is InChI=1S/C7H10N2/c1-3-5-7(4-2)6-9-8/h3-5,8H,1-2,6H2/b7-5+,9-8?. The van der Waals surface area contributed by atoms with E-state index in [2.05, 4.69) is 18.3 Å². The molecular weight excluding hydrogens is 112 g/mol. The van der Waals surface area contributed by atoms with Gasteiger partial charge in [0.25, 0.3) is 0 Å². The van der Waals surface area contributed by atoms with Crippen LogP contribution >= 0.6 is 0 Å². The summed E-state index contributed by atoms with van der Waals surface area (Å²) in [6.45, 7) is 7.44. The third-order valence-corrected chi connectivity index (χ3v) is 0.856. The molecule has 1 N–H and O–H groups in total. The maximum atomic E-state index is 6.52. The SMILES string of the molecule is C=C/C=C(\C=C)CN=N. The van der Waals surface area contributed by atoms with E-state index < -0.39 is 0 Å². The second kappa shape index (κ2) is 4.97. The summed E-state index contributed by atoms with van der Waals surface area (Å²) in [4.78, 5) is 0. The van der Waals surface area contributed by atoms with Gasteiger partial charge in [-0.25, -0.2) is 5.53 Å². The number of nitrogens with one attached hydrogen (secondary N) is 1. The van der Waals surface area contributed by atoms with E-state index in [-0.39, 0.29) is 0 Å².